The van der Waals surface area contributed by atoms with Crippen molar-refractivity contribution in [3.8, 4) is 11.3 Å². The van der Waals surface area contributed by atoms with Crippen molar-refractivity contribution in [3.05, 3.63) is 42.0 Å². The number of aliphatic hydroxyl groups excluding tert-OH is 1. The molecule has 0 spiro atoms. The van der Waals surface area contributed by atoms with Gasteiger partial charge in [-0.3, -0.25) is 0 Å². The Hall–Kier alpha value is -2.19. The molecule has 0 saturated carbocycles. The first-order valence-electron chi connectivity index (χ1n) is 9.54. The highest BCUT2D eigenvalue weighted by Crippen LogP contribution is 2.36. The minimum Gasteiger partial charge on any atom is -0.392 e. The van der Waals surface area contributed by atoms with E-state index in [4.69, 9.17) is 0 Å². The van der Waals surface area contributed by atoms with Gasteiger partial charge in [0.05, 0.1) is 11.8 Å². The lowest BCUT2D eigenvalue weighted by molar-refractivity contribution is -0.137. The first kappa shape index (κ1) is 20.5. The van der Waals surface area contributed by atoms with Gasteiger partial charge < -0.3 is 15.3 Å². The van der Waals surface area contributed by atoms with Gasteiger partial charge in [-0.05, 0) is 25.3 Å². The van der Waals surface area contributed by atoms with Gasteiger partial charge in [-0.1, -0.05) is 37.3 Å². The van der Waals surface area contributed by atoms with Crippen LogP contribution in [0.25, 0.3) is 11.3 Å². The van der Waals surface area contributed by atoms with E-state index in [1.807, 2.05) is 6.92 Å². The van der Waals surface area contributed by atoms with Crippen LogP contribution in [0.5, 0.6) is 0 Å². The molecule has 1 unspecified atom stereocenters. The molecule has 5 nitrogen and oxygen atoms in total. The summed E-state index contributed by atoms with van der Waals surface area (Å²) in [6.45, 7) is 3.98. The molecule has 1 aromatic carbocycles. The summed E-state index contributed by atoms with van der Waals surface area (Å²) < 4.78 is 40.8. The molecule has 1 aliphatic heterocycles. The van der Waals surface area contributed by atoms with E-state index in [1.165, 1.54) is 0 Å². The average molecular weight is 394 g/mol. The monoisotopic (exact) mass is 394 g/mol. The summed E-state index contributed by atoms with van der Waals surface area (Å²) in [4.78, 5) is 2.14. The summed E-state index contributed by atoms with van der Waals surface area (Å²) in [5.41, 5.74) is -0.0122. The molecule has 0 bridgehead atoms. The van der Waals surface area contributed by atoms with Crippen LogP contribution in [0.3, 0.4) is 0 Å². The zero-order valence-corrected chi connectivity index (χ0v) is 15.8. The van der Waals surface area contributed by atoms with E-state index in [2.05, 4.69) is 20.4 Å². The lowest BCUT2D eigenvalue weighted by atomic mass is 10.0. The highest BCUT2D eigenvalue weighted by molar-refractivity contribution is 5.62. The van der Waals surface area contributed by atoms with Crippen molar-refractivity contribution in [2.24, 2.45) is 0 Å². The summed E-state index contributed by atoms with van der Waals surface area (Å²) in [5, 5.41) is 20.6. The summed E-state index contributed by atoms with van der Waals surface area (Å²) in [6, 6.07) is 9.66. The Bertz CT molecular complexity index is 762. The molecule has 2 N–H and O–H groups in total. The predicted octanol–water partition coefficient (Wildman–Crippen LogP) is 3.81. The molecule has 8 heteroatoms. The van der Waals surface area contributed by atoms with Crippen LogP contribution in [0.1, 0.15) is 31.7 Å². The van der Waals surface area contributed by atoms with Gasteiger partial charge in [0.15, 0.2) is 5.82 Å². The first-order chi connectivity index (χ1) is 13.4. The number of hydrogen-bond donors (Lipinski definition) is 2. The van der Waals surface area contributed by atoms with Crippen molar-refractivity contribution < 1.29 is 18.3 Å². The molecule has 1 fully saturated rings. The number of likely N-dealkylation sites (tertiary alicyclic amines) is 1. The van der Waals surface area contributed by atoms with E-state index in [0.29, 0.717) is 31.4 Å². The molecular weight excluding hydrogens is 369 g/mol. The third kappa shape index (κ3) is 5.20. The van der Waals surface area contributed by atoms with Gasteiger partial charge in [-0.15, -0.1) is 10.2 Å². The van der Waals surface area contributed by atoms with Crippen molar-refractivity contribution in [2.45, 2.75) is 44.5 Å². The lowest BCUT2D eigenvalue weighted by Crippen LogP contribution is -2.42. The number of piperidine rings is 1. The number of anilines is 1. The van der Waals surface area contributed by atoms with E-state index < -0.39 is 11.7 Å². The maximum Gasteiger partial charge on any atom is 0.420 e. The van der Waals surface area contributed by atoms with Gasteiger partial charge >= 0.3 is 6.18 Å². The summed E-state index contributed by atoms with van der Waals surface area (Å²) in [6.07, 6.45) is -2.81. The zero-order chi connectivity index (χ0) is 20.1. The maximum atomic E-state index is 13.6. The number of aromatic nitrogens is 2. The molecule has 0 aliphatic carbocycles. The number of nitrogens with zero attached hydrogens (tertiary/aromatic N) is 3. The van der Waals surface area contributed by atoms with Crippen LogP contribution in [-0.2, 0) is 6.18 Å². The Morgan fingerprint density at radius 3 is 2.46 bits per heavy atom. The van der Waals surface area contributed by atoms with Gasteiger partial charge in [0.2, 0.25) is 0 Å². The number of halogens is 3. The highest BCUT2D eigenvalue weighted by Gasteiger charge is 2.36. The fraction of sp³-hybridized carbons (Fsp3) is 0.500. The number of β-amino-alcohol motifs (C(OH)–C–C–N with tert-alkyl or cyclic N) is 1. The van der Waals surface area contributed by atoms with E-state index >= 15 is 0 Å². The largest absolute Gasteiger partial charge is 0.420 e. The molecule has 2 heterocycles. The molecule has 1 aromatic heterocycles. The SMILES string of the molecule is CCC(O)CN1CCC(Nc2nnc(-c3ccccc3)cc2C(F)(F)F)CC1. The quantitative estimate of drug-likeness (QED) is 0.780. The van der Waals surface area contributed by atoms with Crippen LogP contribution in [0.4, 0.5) is 19.0 Å². The molecule has 28 heavy (non-hydrogen) atoms. The van der Waals surface area contributed by atoms with Crippen molar-refractivity contribution >= 4 is 5.82 Å². The van der Waals surface area contributed by atoms with Gasteiger partial charge in [-0.25, -0.2) is 0 Å². The Balaban J connectivity index is 1.72. The number of aliphatic hydroxyl groups is 1. The van der Waals surface area contributed by atoms with Crippen molar-refractivity contribution in [3.63, 3.8) is 0 Å². The van der Waals surface area contributed by atoms with Crippen LogP contribution in [-0.4, -0.2) is 52.0 Å². The van der Waals surface area contributed by atoms with Crippen LogP contribution < -0.4 is 5.32 Å². The number of alkyl halides is 3. The van der Waals surface area contributed by atoms with Gasteiger partial charge in [0.25, 0.3) is 0 Å². The summed E-state index contributed by atoms with van der Waals surface area (Å²) in [7, 11) is 0. The zero-order valence-electron chi connectivity index (χ0n) is 15.8. The second kappa shape index (κ2) is 8.87. The molecule has 0 radical (unpaired) electrons. The van der Waals surface area contributed by atoms with Crippen molar-refractivity contribution in [1.29, 1.82) is 0 Å². The Morgan fingerprint density at radius 1 is 1.18 bits per heavy atom. The Morgan fingerprint density at radius 2 is 1.86 bits per heavy atom. The van der Waals surface area contributed by atoms with Crippen LogP contribution in [0.2, 0.25) is 0 Å². The van der Waals surface area contributed by atoms with E-state index in [9.17, 15) is 18.3 Å². The average Bonchev–Trinajstić information content (AvgIpc) is 2.69. The molecule has 3 rings (SSSR count). The summed E-state index contributed by atoms with van der Waals surface area (Å²) >= 11 is 0. The highest BCUT2D eigenvalue weighted by atomic mass is 19.4. The Labute approximate surface area is 162 Å². The molecule has 1 saturated heterocycles. The third-order valence-corrected chi connectivity index (χ3v) is 5.04. The van der Waals surface area contributed by atoms with Crippen molar-refractivity contribution in [1.82, 2.24) is 15.1 Å². The molecule has 2 aromatic rings. The maximum absolute atomic E-state index is 13.6. The molecular formula is C20H25F3N4O. The number of rotatable bonds is 6. The lowest BCUT2D eigenvalue weighted by Gasteiger charge is -2.33. The van der Waals surface area contributed by atoms with Crippen LogP contribution >= 0.6 is 0 Å². The molecule has 152 valence electrons. The minimum atomic E-state index is -4.52. The second-order valence-corrected chi connectivity index (χ2v) is 7.14. The second-order valence-electron chi connectivity index (χ2n) is 7.14. The van der Waals surface area contributed by atoms with Crippen molar-refractivity contribution in [2.75, 3.05) is 25.0 Å². The fourth-order valence-electron chi connectivity index (χ4n) is 3.34. The Kier molecular flexibility index (Phi) is 6.51. The van der Waals surface area contributed by atoms with Gasteiger partial charge in [0.1, 0.15) is 5.56 Å². The van der Waals surface area contributed by atoms with Gasteiger partial charge in [0, 0.05) is 31.2 Å². The number of benzene rings is 1. The van der Waals surface area contributed by atoms with Crippen LogP contribution in [0, 0.1) is 0 Å². The first-order valence-corrected chi connectivity index (χ1v) is 9.54. The topological polar surface area (TPSA) is 61.3 Å². The van der Waals surface area contributed by atoms with E-state index in [0.717, 1.165) is 19.2 Å². The number of nitrogens with one attached hydrogen (secondary N) is 1. The normalized spacial score (nSPS) is 17.5. The fourth-order valence-corrected chi connectivity index (χ4v) is 3.34. The smallest absolute Gasteiger partial charge is 0.392 e. The van der Waals surface area contributed by atoms with E-state index in [1.54, 1.807) is 30.3 Å². The standard InChI is InChI=1S/C20H25F3N4O/c1-2-16(28)13-27-10-8-15(9-11-27)24-19-17(20(21,22)23)12-18(25-26-19)14-6-4-3-5-7-14/h3-7,12,15-16,28H,2,8-11,13H2,1H3,(H,24,26). The molecule has 1 atom stereocenters. The minimum absolute atomic E-state index is 0.104. The third-order valence-electron chi connectivity index (χ3n) is 5.04. The van der Waals surface area contributed by atoms with Gasteiger partial charge in [-0.2, -0.15) is 13.2 Å². The molecule has 0 amide bonds. The van der Waals surface area contributed by atoms with Crippen LogP contribution in [0.15, 0.2) is 36.4 Å². The van der Waals surface area contributed by atoms with E-state index in [-0.39, 0.29) is 23.7 Å². The predicted molar refractivity (Wildman–Crippen MR) is 102 cm³/mol. The molecule has 1 aliphatic rings. The summed E-state index contributed by atoms with van der Waals surface area (Å²) in [5.74, 6) is -0.223. The number of hydrogen-bond acceptors (Lipinski definition) is 5.